The van der Waals surface area contributed by atoms with Crippen LogP contribution in [0, 0.1) is 29.0 Å². The molecular weight excluding hydrogens is 586 g/mol. The lowest BCUT2D eigenvalue weighted by atomic mass is 10.0. The summed E-state index contributed by atoms with van der Waals surface area (Å²) in [7, 11) is 0. The van der Waals surface area contributed by atoms with E-state index in [1.807, 2.05) is 53.3 Å². The van der Waals surface area contributed by atoms with Crippen molar-refractivity contribution in [2.75, 3.05) is 30.3 Å². The molecule has 2 fully saturated rings. The molecule has 3 aromatic carbocycles. The molecule has 1 saturated carbocycles. The van der Waals surface area contributed by atoms with Crippen LogP contribution in [-0.4, -0.2) is 44.5 Å². The fraction of sp³-hybridized carbons (Fsp3) is 0.250. The molecule has 11 heteroatoms. The van der Waals surface area contributed by atoms with Gasteiger partial charge >= 0.3 is 0 Å². The molecule has 1 saturated heterocycles. The van der Waals surface area contributed by atoms with E-state index in [9.17, 15) is 9.65 Å². The van der Waals surface area contributed by atoms with Gasteiger partial charge in [-0.05, 0) is 42.4 Å². The summed E-state index contributed by atoms with van der Waals surface area (Å²) in [5, 5.41) is 26.9. The summed E-state index contributed by atoms with van der Waals surface area (Å²) in [5.74, 6) is 0.722. The average Bonchev–Trinajstić information content (AvgIpc) is 3.33. The van der Waals surface area contributed by atoms with Crippen LogP contribution < -0.4 is 10.6 Å². The highest BCUT2D eigenvalue weighted by molar-refractivity contribution is 6.36. The molecule has 2 N–H and O–H groups in total. The number of likely N-dealkylation sites (tertiary alicyclic amines) is 1. The van der Waals surface area contributed by atoms with Crippen LogP contribution in [0.15, 0.2) is 73.1 Å². The van der Waals surface area contributed by atoms with Gasteiger partial charge in [-0.3, -0.25) is 4.98 Å². The zero-order valence-electron chi connectivity index (χ0n) is 23.2. The Balaban J connectivity index is 1.25. The van der Waals surface area contributed by atoms with E-state index in [1.165, 1.54) is 18.3 Å². The van der Waals surface area contributed by atoms with Crippen LogP contribution in [0.4, 0.5) is 21.5 Å². The van der Waals surface area contributed by atoms with Crippen LogP contribution in [0.1, 0.15) is 35.8 Å². The van der Waals surface area contributed by atoms with Crippen LogP contribution in [0.2, 0.25) is 10.0 Å². The second kappa shape index (κ2) is 11.1. The van der Waals surface area contributed by atoms with Gasteiger partial charge in [0.2, 0.25) is 0 Å². The number of anilines is 3. The Kier molecular flexibility index (Phi) is 7.14. The first kappa shape index (κ1) is 27.6. The van der Waals surface area contributed by atoms with Crippen molar-refractivity contribution in [1.82, 2.24) is 24.9 Å². The molecule has 1 aliphatic heterocycles. The number of nitriles is 1. The zero-order chi connectivity index (χ0) is 29.7. The van der Waals surface area contributed by atoms with E-state index in [2.05, 4.69) is 43.8 Å². The van der Waals surface area contributed by atoms with Crippen molar-refractivity contribution in [1.29, 1.82) is 5.26 Å². The average molecular weight is 614 g/mol. The minimum absolute atomic E-state index is 0.0291. The van der Waals surface area contributed by atoms with Gasteiger partial charge < -0.3 is 15.5 Å². The highest BCUT2D eigenvalue weighted by Crippen LogP contribution is 2.54. The third-order valence-electron chi connectivity index (χ3n) is 8.48. The summed E-state index contributed by atoms with van der Waals surface area (Å²) in [5.41, 5.74) is 4.36. The number of hydrogen-bond donors (Lipinski definition) is 2. The molecule has 0 bridgehead atoms. The lowest BCUT2D eigenvalue weighted by Crippen LogP contribution is -2.24. The fourth-order valence-corrected chi connectivity index (χ4v) is 6.67. The van der Waals surface area contributed by atoms with Gasteiger partial charge in [-0.1, -0.05) is 65.7 Å². The molecule has 3 atom stereocenters. The van der Waals surface area contributed by atoms with Crippen molar-refractivity contribution in [3.8, 4) is 6.07 Å². The van der Waals surface area contributed by atoms with Crippen molar-refractivity contribution in [2.24, 2.45) is 11.8 Å². The minimum atomic E-state index is -0.529. The first-order valence-electron chi connectivity index (χ1n) is 14.1. The predicted octanol–water partition coefficient (Wildman–Crippen LogP) is 7.21. The van der Waals surface area contributed by atoms with Crippen molar-refractivity contribution in [3.05, 3.63) is 106 Å². The lowest BCUT2D eigenvalue weighted by molar-refractivity contribution is 0.293. The topological polar surface area (TPSA) is 94.7 Å². The highest BCUT2D eigenvalue weighted by atomic mass is 35.5. The maximum absolute atomic E-state index is 13.8. The Bertz CT molecular complexity index is 1860. The van der Waals surface area contributed by atoms with Crippen LogP contribution in [0.25, 0.3) is 10.9 Å². The van der Waals surface area contributed by atoms with Gasteiger partial charge in [0.15, 0.2) is 0 Å². The third-order valence-corrected chi connectivity index (χ3v) is 9.06. The molecule has 216 valence electrons. The van der Waals surface area contributed by atoms with Crippen LogP contribution in [0.5, 0.6) is 0 Å². The second-order valence-corrected chi connectivity index (χ2v) is 11.9. The number of benzene rings is 3. The summed E-state index contributed by atoms with van der Waals surface area (Å²) < 4.78 is 15.9. The molecule has 1 aliphatic carbocycles. The number of piperidine rings is 1. The number of halogens is 3. The third kappa shape index (κ3) is 5.16. The molecule has 7 rings (SSSR count). The van der Waals surface area contributed by atoms with Crippen molar-refractivity contribution in [3.63, 3.8) is 0 Å². The Morgan fingerprint density at radius 2 is 1.81 bits per heavy atom. The van der Waals surface area contributed by atoms with Crippen molar-refractivity contribution in [2.45, 2.75) is 19.0 Å². The predicted molar refractivity (Wildman–Crippen MR) is 166 cm³/mol. The summed E-state index contributed by atoms with van der Waals surface area (Å²) in [6.07, 6.45) is 3.51. The highest BCUT2D eigenvalue weighted by Gasteiger charge is 2.57. The standard InChI is InChI=1S/C32H27Cl2FN8/c1-2-42-15-23-24(16-42)32(23)43-17-28(40-41-43)30(18-6-4-3-5-7-18)39-21-10-22-29(38-20-8-9-27(35)25(33)11-20)19(13-36)14-37-31(22)26(34)12-21/h3-12,14,17,23-24,30,32,39H,2,15-16H2,1H3,(H,37,38)/t23?,24?,30-,32?/m0/s1. The van der Waals surface area contributed by atoms with Crippen molar-refractivity contribution < 1.29 is 4.39 Å². The molecule has 2 unspecified atom stereocenters. The number of fused-ring (bicyclic) bond motifs is 2. The Morgan fingerprint density at radius 3 is 2.53 bits per heavy atom. The van der Waals surface area contributed by atoms with E-state index in [0.29, 0.717) is 56.4 Å². The molecule has 0 radical (unpaired) electrons. The molecule has 0 amide bonds. The van der Waals surface area contributed by atoms with Crippen LogP contribution >= 0.6 is 23.2 Å². The SMILES string of the molecule is CCN1CC2C(C1)C2n1cc([C@@H](Nc2cc(Cl)c3ncc(C#N)c(Nc4ccc(F)c(Cl)c4)c3c2)c2ccccc2)nn1. The summed E-state index contributed by atoms with van der Waals surface area (Å²) in [4.78, 5) is 6.94. The first-order valence-corrected chi connectivity index (χ1v) is 14.9. The summed E-state index contributed by atoms with van der Waals surface area (Å²) in [6.45, 7) is 5.50. The van der Waals surface area contributed by atoms with E-state index in [0.717, 1.165) is 30.9 Å². The van der Waals surface area contributed by atoms with Gasteiger partial charge in [-0.2, -0.15) is 5.26 Å². The second-order valence-electron chi connectivity index (χ2n) is 11.0. The first-order chi connectivity index (χ1) is 20.9. The number of nitrogens with one attached hydrogen (secondary N) is 2. The molecule has 0 spiro atoms. The number of aromatic nitrogens is 4. The number of nitrogens with zero attached hydrogens (tertiary/aromatic N) is 6. The monoisotopic (exact) mass is 612 g/mol. The largest absolute Gasteiger partial charge is 0.373 e. The number of rotatable bonds is 8. The molecule has 2 aromatic heterocycles. The van der Waals surface area contributed by atoms with E-state index in [1.54, 1.807) is 6.07 Å². The van der Waals surface area contributed by atoms with Gasteiger partial charge in [0.25, 0.3) is 0 Å². The smallest absolute Gasteiger partial charge is 0.141 e. The maximum atomic E-state index is 13.8. The van der Waals surface area contributed by atoms with E-state index in [-0.39, 0.29) is 11.1 Å². The van der Waals surface area contributed by atoms with Gasteiger partial charge in [0.05, 0.1) is 45.1 Å². The van der Waals surface area contributed by atoms with E-state index >= 15 is 0 Å². The Hall–Kier alpha value is -4.23. The fourth-order valence-electron chi connectivity index (χ4n) is 6.22. The van der Waals surface area contributed by atoms with E-state index < -0.39 is 5.82 Å². The molecule has 3 heterocycles. The quantitative estimate of drug-likeness (QED) is 0.191. The van der Waals surface area contributed by atoms with E-state index in [4.69, 9.17) is 23.2 Å². The molecule has 2 aliphatic rings. The Labute approximate surface area is 258 Å². The summed E-state index contributed by atoms with van der Waals surface area (Å²) >= 11 is 12.8. The number of pyridine rings is 1. The molecular formula is C32H27Cl2FN8. The molecule has 5 aromatic rings. The minimum Gasteiger partial charge on any atom is -0.373 e. The number of hydrogen-bond acceptors (Lipinski definition) is 7. The van der Waals surface area contributed by atoms with Crippen molar-refractivity contribution >= 4 is 51.2 Å². The molecule has 8 nitrogen and oxygen atoms in total. The molecule has 43 heavy (non-hydrogen) atoms. The van der Waals surface area contributed by atoms with Gasteiger partial charge in [0.1, 0.15) is 17.6 Å². The summed E-state index contributed by atoms with van der Waals surface area (Å²) in [6, 6.07) is 20.3. The Morgan fingerprint density at radius 1 is 1.05 bits per heavy atom. The van der Waals surface area contributed by atoms with Gasteiger partial charge in [-0.25, -0.2) is 9.07 Å². The van der Waals surface area contributed by atoms with Crippen LogP contribution in [-0.2, 0) is 0 Å². The van der Waals surface area contributed by atoms with Crippen LogP contribution in [0.3, 0.4) is 0 Å². The van der Waals surface area contributed by atoms with Gasteiger partial charge in [-0.15, -0.1) is 5.10 Å². The lowest BCUT2D eigenvalue weighted by Gasteiger charge is -2.20. The normalized spacial score (nSPS) is 20.0. The van der Waals surface area contributed by atoms with Gasteiger partial charge in [0, 0.05) is 47.9 Å². The zero-order valence-corrected chi connectivity index (χ0v) is 24.7. The maximum Gasteiger partial charge on any atom is 0.141 e.